The first-order chi connectivity index (χ1) is 12.4. The van der Waals surface area contributed by atoms with Crippen LogP contribution in [0.15, 0.2) is 35.7 Å². The van der Waals surface area contributed by atoms with Gasteiger partial charge in [-0.3, -0.25) is 0 Å². The maximum absolute atomic E-state index is 11.8. The number of benzene rings is 1. The van der Waals surface area contributed by atoms with Gasteiger partial charge in [0.1, 0.15) is 17.6 Å². The Morgan fingerprint density at radius 3 is 2.31 bits per heavy atom. The molecule has 1 heterocycles. The van der Waals surface area contributed by atoms with Crippen LogP contribution in [-0.2, 0) is 18.9 Å². The summed E-state index contributed by atoms with van der Waals surface area (Å²) in [4.78, 5) is 23.5. The van der Waals surface area contributed by atoms with Crippen LogP contribution in [-0.4, -0.2) is 45.8 Å². The molecule has 8 nitrogen and oxygen atoms in total. The second kappa shape index (κ2) is 8.46. The van der Waals surface area contributed by atoms with Gasteiger partial charge in [0.25, 0.3) is 0 Å². The number of hydrogen-bond donors (Lipinski definition) is 1. The third-order valence-corrected chi connectivity index (χ3v) is 4.15. The van der Waals surface area contributed by atoms with Gasteiger partial charge in [0.05, 0.1) is 33.3 Å². The Labute approximate surface area is 152 Å². The number of ether oxygens (including phenoxy) is 5. The predicted molar refractivity (Wildman–Crippen MR) is 91.8 cm³/mol. The molecule has 0 saturated heterocycles. The molecule has 1 N–H and O–H groups in total. The lowest BCUT2D eigenvalue weighted by molar-refractivity contribution is 0.00316. The molecule has 1 aliphatic heterocycles. The summed E-state index contributed by atoms with van der Waals surface area (Å²) in [6, 6.07) is 6.98. The van der Waals surface area contributed by atoms with Crippen LogP contribution < -0.4 is 10.1 Å². The zero-order valence-electron chi connectivity index (χ0n) is 15.4. The summed E-state index contributed by atoms with van der Waals surface area (Å²) >= 11 is 0. The van der Waals surface area contributed by atoms with E-state index in [4.69, 9.17) is 14.2 Å². The van der Waals surface area contributed by atoms with Gasteiger partial charge in [0.15, 0.2) is 0 Å². The molecule has 1 aromatic carbocycles. The molecule has 0 spiro atoms. The maximum atomic E-state index is 11.8. The lowest BCUT2D eigenvalue weighted by atomic mass is 9.84. The average molecular weight is 365 g/mol. The van der Waals surface area contributed by atoms with Crippen LogP contribution in [0.5, 0.6) is 5.75 Å². The van der Waals surface area contributed by atoms with E-state index in [-0.39, 0.29) is 11.8 Å². The molecule has 26 heavy (non-hydrogen) atoms. The molecule has 8 heteroatoms. The lowest BCUT2D eigenvalue weighted by Crippen LogP contribution is -2.48. The number of para-hydroxylation sites is 1. The van der Waals surface area contributed by atoms with E-state index in [0.717, 1.165) is 0 Å². The summed E-state index contributed by atoms with van der Waals surface area (Å²) in [7, 11) is 3.99. The molecule has 0 amide bonds. The van der Waals surface area contributed by atoms with Crippen LogP contribution in [0.3, 0.4) is 0 Å². The third kappa shape index (κ3) is 4.01. The normalized spacial score (nSPS) is 22.1. The molecule has 0 radical (unpaired) electrons. The Morgan fingerprint density at radius 2 is 1.69 bits per heavy atom. The van der Waals surface area contributed by atoms with E-state index >= 15 is 0 Å². The first-order valence-corrected chi connectivity index (χ1v) is 8.03. The Bertz CT molecular complexity index is 701. The van der Waals surface area contributed by atoms with Crippen LogP contribution >= 0.6 is 0 Å². The third-order valence-electron chi connectivity index (χ3n) is 4.15. The number of nitrogens with one attached hydrogen (secondary N) is 1. The smallest absolute Gasteiger partial charge is 0.496 e. The number of carbonyl (C=O) groups is 2. The van der Waals surface area contributed by atoms with Crippen LogP contribution in [0.1, 0.15) is 25.3 Å². The average Bonchev–Trinajstić information content (AvgIpc) is 2.65. The first kappa shape index (κ1) is 19.4. The van der Waals surface area contributed by atoms with Crippen LogP contribution in [0.25, 0.3) is 0 Å². The van der Waals surface area contributed by atoms with Crippen molar-refractivity contribution in [3.8, 4) is 5.75 Å². The maximum Gasteiger partial charge on any atom is 0.513 e. The zero-order valence-corrected chi connectivity index (χ0v) is 15.4. The Morgan fingerprint density at radius 1 is 1.04 bits per heavy atom. The fraction of sp³-hybridized carbons (Fsp3) is 0.444. The Hall–Kier alpha value is -2.90. The van der Waals surface area contributed by atoms with E-state index < -0.39 is 24.3 Å². The molecule has 0 bridgehead atoms. The van der Waals surface area contributed by atoms with Crippen LogP contribution in [0, 0.1) is 0 Å². The van der Waals surface area contributed by atoms with E-state index in [1.54, 1.807) is 13.0 Å². The highest BCUT2D eigenvalue weighted by Crippen LogP contribution is 2.41. The van der Waals surface area contributed by atoms with Crippen molar-refractivity contribution in [3.63, 3.8) is 0 Å². The topological polar surface area (TPSA) is 92.3 Å². The minimum atomic E-state index is -0.868. The molecule has 2 rings (SSSR count). The molecule has 3 unspecified atom stereocenters. The monoisotopic (exact) mass is 365 g/mol. The molecule has 0 saturated carbocycles. The first-order valence-electron chi connectivity index (χ1n) is 8.03. The van der Waals surface area contributed by atoms with Crippen LogP contribution in [0.4, 0.5) is 9.59 Å². The molecule has 142 valence electrons. The van der Waals surface area contributed by atoms with Crippen molar-refractivity contribution < 1.29 is 33.3 Å². The van der Waals surface area contributed by atoms with Crippen molar-refractivity contribution in [2.45, 2.75) is 31.9 Å². The van der Waals surface area contributed by atoms with Crippen molar-refractivity contribution in [2.24, 2.45) is 0 Å². The zero-order chi connectivity index (χ0) is 19.3. The Balaban J connectivity index is 2.57. The highest BCUT2D eigenvalue weighted by molar-refractivity contribution is 5.63. The summed E-state index contributed by atoms with van der Waals surface area (Å²) in [5.41, 5.74) is 1.33. The van der Waals surface area contributed by atoms with Crippen molar-refractivity contribution in [1.29, 1.82) is 0 Å². The fourth-order valence-electron chi connectivity index (χ4n) is 3.01. The molecule has 3 atom stereocenters. The van der Waals surface area contributed by atoms with Crippen molar-refractivity contribution in [3.05, 3.63) is 41.3 Å². The molecule has 0 aromatic heterocycles. The second-order valence-corrected chi connectivity index (χ2v) is 5.73. The highest BCUT2D eigenvalue weighted by Gasteiger charge is 2.42. The summed E-state index contributed by atoms with van der Waals surface area (Å²) in [6.45, 7) is 3.62. The van der Waals surface area contributed by atoms with E-state index in [0.29, 0.717) is 17.0 Å². The molecule has 1 aliphatic rings. The van der Waals surface area contributed by atoms with Gasteiger partial charge in [0, 0.05) is 11.3 Å². The van der Waals surface area contributed by atoms with Crippen LogP contribution in [0.2, 0.25) is 0 Å². The lowest BCUT2D eigenvalue weighted by Gasteiger charge is -2.38. The summed E-state index contributed by atoms with van der Waals surface area (Å²) in [5, 5.41) is 3.15. The second-order valence-electron chi connectivity index (χ2n) is 5.73. The minimum Gasteiger partial charge on any atom is -0.496 e. The largest absolute Gasteiger partial charge is 0.513 e. The number of hydrogen-bond acceptors (Lipinski definition) is 8. The standard InChI is InChI=1S/C18H23NO7/c1-10-15(25-17(20)23-4)14(12-8-6-7-9-13(12)22-3)16(11(2)19-10)26-18(21)24-5/h6-10,14-15,19H,1-5H3. The van der Waals surface area contributed by atoms with Gasteiger partial charge >= 0.3 is 12.3 Å². The van der Waals surface area contributed by atoms with Crippen molar-refractivity contribution in [2.75, 3.05) is 21.3 Å². The van der Waals surface area contributed by atoms with Crippen molar-refractivity contribution >= 4 is 12.3 Å². The van der Waals surface area contributed by atoms with E-state index in [1.807, 2.05) is 25.1 Å². The summed E-state index contributed by atoms with van der Waals surface area (Å²) < 4.78 is 25.5. The predicted octanol–water partition coefficient (Wildman–Crippen LogP) is 2.94. The molecular weight excluding hydrogens is 342 g/mol. The fourth-order valence-corrected chi connectivity index (χ4v) is 3.01. The highest BCUT2D eigenvalue weighted by atomic mass is 16.7. The molecule has 0 aliphatic carbocycles. The van der Waals surface area contributed by atoms with Gasteiger partial charge in [-0.1, -0.05) is 18.2 Å². The van der Waals surface area contributed by atoms with E-state index in [1.165, 1.54) is 21.3 Å². The van der Waals surface area contributed by atoms with E-state index in [9.17, 15) is 9.59 Å². The van der Waals surface area contributed by atoms with Gasteiger partial charge in [-0.25, -0.2) is 9.59 Å². The van der Waals surface area contributed by atoms with Gasteiger partial charge < -0.3 is 29.0 Å². The molecule has 0 fully saturated rings. The molecular formula is C18H23NO7. The number of carbonyl (C=O) groups excluding carboxylic acids is 2. The number of rotatable bonds is 4. The van der Waals surface area contributed by atoms with Gasteiger partial charge in [0.2, 0.25) is 0 Å². The quantitative estimate of drug-likeness (QED) is 0.814. The summed E-state index contributed by atoms with van der Waals surface area (Å²) in [6.07, 6.45) is -2.41. The molecule has 1 aromatic rings. The van der Waals surface area contributed by atoms with Gasteiger partial charge in [-0.2, -0.15) is 0 Å². The van der Waals surface area contributed by atoms with Gasteiger partial charge in [-0.05, 0) is 19.9 Å². The minimum absolute atomic E-state index is 0.269. The van der Waals surface area contributed by atoms with Crippen molar-refractivity contribution in [1.82, 2.24) is 5.32 Å². The number of allylic oxidation sites excluding steroid dienone is 1. The number of methoxy groups -OCH3 is 3. The SMILES string of the molecule is COC(=O)OC1=C(C)NC(C)C(OC(=O)OC)C1c1ccccc1OC. The van der Waals surface area contributed by atoms with E-state index in [2.05, 4.69) is 14.8 Å². The summed E-state index contributed by atoms with van der Waals surface area (Å²) in [5.74, 6) is 0.262. The Kier molecular flexibility index (Phi) is 6.32. The van der Waals surface area contributed by atoms with Gasteiger partial charge in [-0.15, -0.1) is 0 Å².